The van der Waals surface area contributed by atoms with E-state index in [1.165, 1.54) is 52.5 Å². The van der Waals surface area contributed by atoms with Gasteiger partial charge in [-0.1, -0.05) is 12.1 Å². The zero-order valence-electron chi connectivity index (χ0n) is 20.3. The fraction of sp³-hybridized carbons (Fsp3) is 0.409. The molecule has 12 heteroatoms. The summed E-state index contributed by atoms with van der Waals surface area (Å²) in [7, 11) is -1.70. The van der Waals surface area contributed by atoms with Crippen LogP contribution in [0, 0.1) is 13.8 Å². The molecule has 0 aliphatic heterocycles. The topological polar surface area (TPSA) is 116 Å². The normalized spacial score (nSPS) is 12.1. The number of hydrogen-bond acceptors (Lipinski definition) is 6. The van der Waals surface area contributed by atoms with Crippen molar-refractivity contribution in [2.75, 3.05) is 52.2 Å². The Hall–Kier alpha value is -2.67. The molecule has 0 fully saturated rings. The van der Waals surface area contributed by atoms with Crippen molar-refractivity contribution in [3.05, 3.63) is 53.6 Å². The summed E-state index contributed by atoms with van der Waals surface area (Å²) in [4.78, 5) is 12.7. The molecule has 0 aliphatic rings. The minimum atomic E-state index is -3.90. The molecule has 0 atom stereocenters. The monoisotopic (exact) mass is 512 g/mol. The van der Waals surface area contributed by atoms with Crippen molar-refractivity contribution >= 4 is 31.8 Å². The summed E-state index contributed by atoms with van der Waals surface area (Å²) in [5.74, 6) is -0.0403. The highest BCUT2D eigenvalue weighted by atomic mass is 32.2. The number of hydrogen-bond donors (Lipinski definition) is 1. The molecule has 1 N–H and O–H groups in total. The molecular formula is C22H32N4O6S2. The van der Waals surface area contributed by atoms with Gasteiger partial charge < -0.3 is 10.1 Å². The van der Waals surface area contributed by atoms with Crippen molar-refractivity contribution in [2.24, 2.45) is 0 Å². The predicted molar refractivity (Wildman–Crippen MR) is 132 cm³/mol. The first-order valence-electron chi connectivity index (χ1n) is 10.5. The van der Waals surface area contributed by atoms with Gasteiger partial charge in [0.1, 0.15) is 18.9 Å². The van der Waals surface area contributed by atoms with Crippen LogP contribution in [-0.2, 0) is 25.0 Å². The lowest BCUT2D eigenvalue weighted by molar-refractivity contribution is -0.119. The molecule has 2 rings (SSSR count). The van der Waals surface area contributed by atoms with E-state index in [4.69, 9.17) is 4.74 Å². The molecule has 1 amide bonds. The van der Waals surface area contributed by atoms with E-state index in [2.05, 4.69) is 5.32 Å². The Bertz CT molecular complexity index is 1210. The number of amides is 1. The molecule has 0 aliphatic carbocycles. The molecule has 34 heavy (non-hydrogen) atoms. The lowest BCUT2D eigenvalue weighted by atomic mass is 10.1. The second kappa shape index (κ2) is 11.2. The summed E-state index contributed by atoms with van der Waals surface area (Å²) in [5, 5.41) is 2.66. The minimum Gasteiger partial charge on any atom is -0.492 e. The van der Waals surface area contributed by atoms with E-state index in [-0.39, 0.29) is 24.6 Å². The minimum absolute atomic E-state index is 0.120. The molecule has 0 spiro atoms. The number of nitrogens with one attached hydrogen (secondary N) is 1. The van der Waals surface area contributed by atoms with Crippen molar-refractivity contribution in [3.8, 4) is 5.75 Å². The first-order valence-corrected chi connectivity index (χ1v) is 13.3. The number of benzene rings is 2. The number of anilines is 1. The Morgan fingerprint density at radius 2 is 1.53 bits per heavy atom. The van der Waals surface area contributed by atoms with E-state index in [0.717, 1.165) is 24.0 Å². The van der Waals surface area contributed by atoms with Crippen LogP contribution in [0.15, 0.2) is 47.4 Å². The van der Waals surface area contributed by atoms with Crippen LogP contribution in [-0.4, -0.2) is 79.2 Å². The van der Waals surface area contributed by atoms with Crippen LogP contribution in [0.5, 0.6) is 5.75 Å². The van der Waals surface area contributed by atoms with E-state index >= 15 is 0 Å². The summed E-state index contributed by atoms with van der Waals surface area (Å²) in [6, 6.07) is 11.4. The number of sulfonamides is 1. The molecule has 0 bridgehead atoms. The third-order valence-electron chi connectivity index (χ3n) is 4.96. The predicted octanol–water partition coefficient (Wildman–Crippen LogP) is 1.36. The van der Waals surface area contributed by atoms with Gasteiger partial charge >= 0.3 is 10.2 Å². The third-order valence-corrected chi connectivity index (χ3v) is 8.59. The second-order valence-corrected chi connectivity index (χ2v) is 12.3. The Kier molecular flexibility index (Phi) is 9.06. The van der Waals surface area contributed by atoms with Crippen molar-refractivity contribution in [2.45, 2.75) is 18.7 Å². The fourth-order valence-corrected chi connectivity index (χ4v) is 4.96. The van der Waals surface area contributed by atoms with E-state index in [1.807, 2.05) is 19.1 Å². The second-order valence-electron chi connectivity index (χ2n) is 8.04. The highest BCUT2D eigenvalue weighted by molar-refractivity contribution is 7.90. The van der Waals surface area contributed by atoms with Crippen molar-refractivity contribution in [1.29, 1.82) is 0 Å². The smallest absolute Gasteiger partial charge is 0.304 e. The lowest BCUT2D eigenvalue weighted by Crippen LogP contribution is -2.46. The van der Waals surface area contributed by atoms with Gasteiger partial charge in [-0.05, 0) is 55.3 Å². The molecule has 0 saturated heterocycles. The Balaban J connectivity index is 2.00. The van der Waals surface area contributed by atoms with Crippen LogP contribution in [0.3, 0.4) is 0 Å². The number of nitrogens with zero attached hydrogens (tertiary/aromatic N) is 3. The lowest BCUT2D eigenvalue weighted by Gasteiger charge is -2.28. The molecule has 0 radical (unpaired) electrons. The van der Waals surface area contributed by atoms with Crippen molar-refractivity contribution in [1.82, 2.24) is 13.9 Å². The van der Waals surface area contributed by atoms with Gasteiger partial charge in [-0.3, -0.25) is 4.79 Å². The Labute approximate surface area is 202 Å². The summed E-state index contributed by atoms with van der Waals surface area (Å²) in [5.41, 5.74) is 2.04. The van der Waals surface area contributed by atoms with Crippen molar-refractivity contribution in [3.63, 3.8) is 0 Å². The number of carbonyl (C=O) groups is 1. The number of aryl methyl sites for hydroxylation is 2. The highest BCUT2D eigenvalue weighted by Gasteiger charge is 2.28. The molecule has 0 aromatic heterocycles. The van der Waals surface area contributed by atoms with Crippen molar-refractivity contribution < 1.29 is 26.4 Å². The molecule has 2 aromatic carbocycles. The van der Waals surface area contributed by atoms with E-state index < -0.39 is 26.1 Å². The average molecular weight is 513 g/mol. The van der Waals surface area contributed by atoms with Gasteiger partial charge in [0.05, 0.1) is 17.1 Å². The quantitative estimate of drug-likeness (QED) is 0.455. The zero-order valence-corrected chi connectivity index (χ0v) is 21.9. The first-order chi connectivity index (χ1) is 15.8. The van der Waals surface area contributed by atoms with E-state index in [9.17, 15) is 21.6 Å². The zero-order chi connectivity index (χ0) is 25.7. The largest absolute Gasteiger partial charge is 0.492 e. The Morgan fingerprint density at radius 1 is 0.912 bits per heavy atom. The average Bonchev–Trinajstić information content (AvgIpc) is 2.77. The molecule has 2 aromatic rings. The van der Waals surface area contributed by atoms with Crippen LogP contribution in [0.1, 0.15) is 11.1 Å². The summed E-state index contributed by atoms with van der Waals surface area (Å²) < 4.78 is 58.8. The molecule has 188 valence electrons. The third kappa shape index (κ3) is 6.69. The summed E-state index contributed by atoms with van der Waals surface area (Å²) >= 11 is 0. The van der Waals surface area contributed by atoms with Gasteiger partial charge in [-0.25, -0.2) is 17.0 Å². The maximum atomic E-state index is 12.9. The number of rotatable bonds is 11. The molecule has 10 nitrogen and oxygen atoms in total. The molecule has 0 saturated carbocycles. The molecule has 0 unspecified atom stereocenters. The SMILES string of the molecule is Cc1ccc(C)c(N(CC(=O)NCCOc2ccc(S(=O)(=O)N(C)C)cc2)S(=O)(=O)N(C)C)c1. The van der Waals surface area contributed by atoms with E-state index in [1.54, 1.807) is 13.0 Å². The highest BCUT2D eigenvalue weighted by Crippen LogP contribution is 2.25. The van der Waals surface area contributed by atoms with Gasteiger partial charge in [0.2, 0.25) is 15.9 Å². The number of ether oxygens (including phenoxy) is 1. The van der Waals surface area contributed by atoms with Gasteiger partial charge in [0.25, 0.3) is 0 Å². The number of carbonyl (C=O) groups excluding carboxylic acids is 1. The van der Waals surface area contributed by atoms with Crippen LogP contribution in [0.4, 0.5) is 5.69 Å². The van der Waals surface area contributed by atoms with Crippen LogP contribution in [0.25, 0.3) is 0 Å². The summed E-state index contributed by atoms with van der Waals surface area (Å²) in [6.45, 7) is 3.51. The summed E-state index contributed by atoms with van der Waals surface area (Å²) in [6.07, 6.45) is 0. The Morgan fingerprint density at radius 3 is 2.09 bits per heavy atom. The first kappa shape index (κ1) is 27.6. The fourth-order valence-electron chi connectivity index (χ4n) is 2.94. The molecular weight excluding hydrogens is 480 g/mol. The maximum Gasteiger partial charge on any atom is 0.304 e. The standard InChI is InChI=1S/C22H32N4O6S2/c1-17-7-8-18(2)21(15-17)26(34(30,31)25(5)6)16-22(27)23-13-14-32-19-9-11-20(12-10-19)33(28,29)24(3)4/h7-12,15H,13-14,16H2,1-6H3,(H,23,27). The van der Waals surface area contributed by atoms with Gasteiger partial charge in [-0.2, -0.15) is 12.7 Å². The maximum absolute atomic E-state index is 12.9. The van der Waals surface area contributed by atoms with E-state index in [0.29, 0.717) is 11.4 Å². The van der Waals surface area contributed by atoms with Gasteiger partial charge in [0, 0.05) is 28.2 Å². The van der Waals surface area contributed by atoms with Gasteiger partial charge in [0.15, 0.2) is 0 Å². The van der Waals surface area contributed by atoms with Crippen LogP contribution in [0.2, 0.25) is 0 Å². The molecule has 0 heterocycles. The van der Waals surface area contributed by atoms with Gasteiger partial charge in [-0.15, -0.1) is 0 Å². The van der Waals surface area contributed by atoms with Crippen LogP contribution < -0.4 is 14.4 Å². The van der Waals surface area contributed by atoms with Crippen LogP contribution >= 0.6 is 0 Å².